The van der Waals surface area contributed by atoms with Crippen LogP contribution in [0.5, 0.6) is 5.75 Å². The molecule has 0 saturated carbocycles. The summed E-state index contributed by atoms with van der Waals surface area (Å²) in [7, 11) is 0. The zero-order valence-corrected chi connectivity index (χ0v) is 12.9. The highest BCUT2D eigenvalue weighted by Gasteiger charge is 2.28. The van der Waals surface area contributed by atoms with Gasteiger partial charge in [0.05, 0.1) is 17.8 Å². The monoisotopic (exact) mass is 308 g/mol. The fourth-order valence-corrected chi connectivity index (χ4v) is 2.85. The molecule has 0 aliphatic carbocycles. The minimum atomic E-state index is -0.0531. The van der Waals surface area contributed by atoms with Gasteiger partial charge in [-0.3, -0.25) is 9.20 Å². The van der Waals surface area contributed by atoms with Gasteiger partial charge in [0, 0.05) is 6.20 Å². The van der Waals surface area contributed by atoms with Gasteiger partial charge >= 0.3 is 0 Å². The van der Waals surface area contributed by atoms with Crippen LogP contribution >= 0.6 is 0 Å². The van der Waals surface area contributed by atoms with Crippen LogP contribution in [0.3, 0.4) is 0 Å². The molecule has 0 spiro atoms. The summed E-state index contributed by atoms with van der Waals surface area (Å²) >= 11 is 0. The molecule has 0 radical (unpaired) electrons. The fourth-order valence-electron chi connectivity index (χ4n) is 2.85. The van der Waals surface area contributed by atoms with E-state index in [1.165, 1.54) is 0 Å². The zero-order valence-electron chi connectivity index (χ0n) is 12.9. The minimum Gasteiger partial charge on any atom is -0.487 e. The Bertz CT molecular complexity index is 902. The number of fused-ring (bicyclic) bond motifs is 2. The van der Waals surface area contributed by atoms with E-state index in [0.29, 0.717) is 17.8 Å². The van der Waals surface area contributed by atoms with Crippen LogP contribution < -0.4 is 9.64 Å². The fraction of sp³-hybridized carbons (Fsp3) is 0.235. The van der Waals surface area contributed by atoms with E-state index in [4.69, 9.17) is 4.74 Å². The number of aromatic nitrogens is 3. The Morgan fingerprint density at radius 2 is 2.17 bits per heavy atom. The van der Waals surface area contributed by atoms with Crippen LogP contribution in [0.2, 0.25) is 0 Å². The summed E-state index contributed by atoms with van der Waals surface area (Å²) in [6.45, 7) is 4.49. The molecule has 23 heavy (non-hydrogen) atoms. The molecule has 1 amide bonds. The standard InChI is InChI=1S/C17H16N4O2/c1-11-3-5-15-14(7-11)21(8-12(2)23-15)17(22)13-4-6-16-19-18-10-20(16)9-13/h3-7,9-10,12H,8H2,1-2H3/t12-/m0/s1. The normalized spacial score (nSPS) is 17.0. The third-order valence-electron chi connectivity index (χ3n) is 3.96. The Morgan fingerprint density at radius 3 is 3.04 bits per heavy atom. The second kappa shape index (κ2) is 5.08. The van der Waals surface area contributed by atoms with Crippen molar-refractivity contribution < 1.29 is 9.53 Å². The Kier molecular flexibility index (Phi) is 3.04. The maximum Gasteiger partial charge on any atom is 0.260 e. The first-order valence-corrected chi connectivity index (χ1v) is 7.50. The van der Waals surface area contributed by atoms with Gasteiger partial charge in [0.2, 0.25) is 0 Å². The molecule has 2 aromatic heterocycles. The number of carbonyl (C=O) groups excluding carboxylic acids is 1. The number of hydrogen-bond donors (Lipinski definition) is 0. The molecule has 3 aromatic rings. The SMILES string of the molecule is Cc1ccc2c(c1)N(C(=O)c1ccc3nncn3c1)C[C@H](C)O2. The molecule has 1 atom stereocenters. The third-order valence-corrected chi connectivity index (χ3v) is 3.96. The van der Waals surface area contributed by atoms with E-state index < -0.39 is 0 Å². The number of benzene rings is 1. The molecule has 6 heteroatoms. The number of hydrogen-bond acceptors (Lipinski definition) is 4. The van der Waals surface area contributed by atoms with Gasteiger partial charge in [0.25, 0.3) is 5.91 Å². The van der Waals surface area contributed by atoms with Crippen molar-refractivity contribution in [3.8, 4) is 5.75 Å². The number of ether oxygens (including phenoxy) is 1. The summed E-state index contributed by atoms with van der Waals surface area (Å²) in [6.07, 6.45) is 3.30. The molecule has 1 aliphatic rings. The lowest BCUT2D eigenvalue weighted by molar-refractivity contribution is 0.0960. The summed E-state index contributed by atoms with van der Waals surface area (Å²) in [5.74, 6) is 0.690. The van der Waals surface area contributed by atoms with Crippen molar-refractivity contribution in [2.75, 3.05) is 11.4 Å². The third kappa shape index (κ3) is 2.32. The van der Waals surface area contributed by atoms with Gasteiger partial charge in [-0.1, -0.05) is 6.07 Å². The topological polar surface area (TPSA) is 59.7 Å². The Morgan fingerprint density at radius 1 is 1.30 bits per heavy atom. The van der Waals surface area contributed by atoms with Crippen molar-refractivity contribution in [1.82, 2.24) is 14.6 Å². The minimum absolute atomic E-state index is 0.0483. The molecular weight excluding hydrogens is 292 g/mol. The van der Waals surface area contributed by atoms with Crippen molar-refractivity contribution in [2.24, 2.45) is 0 Å². The van der Waals surface area contributed by atoms with Crippen molar-refractivity contribution >= 4 is 17.2 Å². The molecule has 116 valence electrons. The average molecular weight is 308 g/mol. The van der Waals surface area contributed by atoms with E-state index in [1.54, 1.807) is 34.0 Å². The second-order valence-corrected chi connectivity index (χ2v) is 5.83. The molecule has 1 aromatic carbocycles. The van der Waals surface area contributed by atoms with Gasteiger partial charge in [-0.05, 0) is 43.7 Å². The van der Waals surface area contributed by atoms with Gasteiger partial charge in [-0.25, -0.2) is 0 Å². The summed E-state index contributed by atoms with van der Waals surface area (Å²) in [5, 5.41) is 7.80. The van der Waals surface area contributed by atoms with Crippen molar-refractivity contribution in [3.05, 3.63) is 54.0 Å². The summed E-state index contributed by atoms with van der Waals surface area (Å²) in [4.78, 5) is 14.8. The maximum absolute atomic E-state index is 13.0. The molecule has 0 fully saturated rings. The van der Waals surface area contributed by atoms with Crippen molar-refractivity contribution in [2.45, 2.75) is 20.0 Å². The quantitative estimate of drug-likeness (QED) is 0.693. The number of carbonyl (C=O) groups is 1. The van der Waals surface area contributed by atoms with Crippen molar-refractivity contribution in [3.63, 3.8) is 0 Å². The molecule has 6 nitrogen and oxygen atoms in total. The predicted molar refractivity (Wildman–Crippen MR) is 85.9 cm³/mol. The van der Waals surface area contributed by atoms with Crippen LogP contribution in [0.25, 0.3) is 5.65 Å². The first-order valence-electron chi connectivity index (χ1n) is 7.50. The lowest BCUT2D eigenvalue weighted by Gasteiger charge is -2.33. The highest BCUT2D eigenvalue weighted by molar-refractivity contribution is 6.07. The van der Waals surface area contributed by atoms with Gasteiger partial charge in [-0.15, -0.1) is 10.2 Å². The molecular formula is C17H16N4O2. The molecule has 1 aliphatic heterocycles. The lowest BCUT2D eigenvalue weighted by atomic mass is 10.1. The smallest absolute Gasteiger partial charge is 0.260 e. The Labute approximate surface area is 133 Å². The predicted octanol–water partition coefficient (Wildman–Crippen LogP) is 2.47. The largest absolute Gasteiger partial charge is 0.487 e. The summed E-state index contributed by atoms with van der Waals surface area (Å²) in [6, 6.07) is 9.46. The summed E-state index contributed by atoms with van der Waals surface area (Å²) < 4.78 is 7.59. The zero-order chi connectivity index (χ0) is 16.0. The first-order chi connectivity index (χ1) is 11.1. The van der Waals surface area contributed by atoms with Crippen LogP contribution in [0.15, 0.2) is 42.9 Å². The van der Waals surface area contributed by atoms with Crippen LogP contribution in [0, 0.1) is 6.92 Å². The number of amides is 1. The molecule has 3 heterocycles. The highest BCUT2D eigenvalue weighted by atomic mass is 16.5. The number of nitrogens with zero attached hydrogens (tertiary/aromatic N) is 4. The summed E-state index contributed by atoms with van der Waals surface area (Å²) in [5.41, 5.74) is 3.22. The average Bonchev–Trinajstić information content (AvgIpc) is 3.01. The van der Waals surface area contributed by atoms with E-state index in [0.717, 1.165) is 17.0 Å². The Balaban J connectivity index is 1.77. The molecule has 0 unspecified atom stereocenters. The van der Waals surface area contributed by atoms with E-state index >= 15 is 0 Å². The van der Waals surface area contributed by atoms with E-state index in [9.17, 15) is 4.79 Å². The number of pyridine rings is 1. The van der Waals surface area contributed by atoms with Crippen molar-refractivity contribution in [1.29, 1.82) is 0 Å². The molecule has 0 N–H and O–H groups in total. The number of rotatable bonds is 1. The van der Waals surface area contributed by atoms with Crippen LogP contribution in [-0.4, -0.2) is 33.2 Å². The molecule has 4 rings (SSSR count). The molecule has 0 saturated heterocycles. The lowest BCUT2D eigenvalue weighted by Crippen LogP contribution is -2.42. The highest BCUT2D eigenvalue weighted by Crippen LogP contribution is 2.35. The van der Waals surface area contributed by atoms with Gasteiger partial charge in [0.15, 0.2) is 5.65 Å². The van der Waals surface area contributed by atoms with Crippen LogP contribution in [0.4, 0.5) is 5.69 Å². The number of aryl methyl sites for hydroxylation is 1. The Hall–Kier alpha value is -2.89. The second-order valence-electron chi connectivity index (χ2n) is 5.83. The van der Waals surface area contributed by atoms with Crippen LogP contribution in [0.1, 0.15) is 22.8 Å². The van der Waals surface area contributed by atoms with Gasteiger partial charge in [0.1, 0.15) is 18.2 Å². The van der Waals surface area contributed by atoms with Crippen LogP contribution in [-0.2, 0) is 0 Å². The van der Waals surface area contributed by atoms with Gasteiger partial charge < -0.3 is 9.64 Å². The van der Waals surface area contributed by atoms with E-state index in [1.807, 2.05) is 32.0 Å². The van der Waals surface area contributed by atoms with Gasteiger partial charge in [-0.2, -0.15) is 0 Å². The number of anilines is 1. The maximum atomic E-state index is 13.0. The van der Waals surface area contributed by atoms with E-state index in [-0.39, 0.29) is 12.0 Å². The van der Waals surface area contributed by atoms with E-state index in [2.05, 4.69) is 10.2 Å². The first kappa shape index (κ1) is 13.8. The molecule has 0 bridgehead atoms.